The Balaban J connectivity index is 1.84. The van der Waals surface area contributed by atoms with Crippen molar-refractivity contribution in [3.05, 3.63) is 41.2 Å². The lowest BCUT2D eigenvalue weighted by molar-refractivity contribution is -0.122. The Bertz CT molecular complexity index is 640. The third kappa shape index (κ3) is 2.62. The molecule has 1 aromatic carbocycles. The molecular weight excluding hydrogens is 282 g/mol. The third-order valence-electron chi connectivity index (χ3n) is 4.06. The van der Waals surface area contributed by atoms with Crippen LogP contribution < -0.4 is 4.74 Å². The molecule has 0 aromatic heterocycles. The fraction of sp³-hybridized carbons (Fsp3) is 0.438. The van der Waals surface area contributed by atoms with Gasteiger partial charge in [0.15, 0.2) is 0 Å². The normalized spacial score (nSPS) is 20.1. The first-order valence-electron chi connectivity index (χ1n) is 7.48. The van der Waals surface area contributed by atoms with Crippen LogP contribution in [0.3, 0.4) is 0 Å². The van der Waals surface area contributed by atoms with Gasteiger partial charge in [-0.25, -0.2) is 0 Å². The quantitative estimate of drug-likeness (QED) is 0.905. The predicted octanol–water partition coefficient (Wildman–Crippen LogP) is 2.23. The standard InChI is InChI=1S/C16H19N3O3/c1-2-12-14(8-17-18-16(12)21)19-9-11-4-3-5-15(13(11)10-19)22-7-6-20/h3-5,8,12,20H,2,6-7,9-10H2,1H3. The predicted molar refractivity (Wildman–Crippen MR) is 80.0 cm³/mol. The highest BCUT2D eigenvalue weighted by atomic mass is 16.5. The molecule has 0 saturated heterocycles. The lowest BCUT2D eigenvalue weighted by Crippen LogP contribution is -2.27. The molecule has 2 heterocycles. The topological polar surface area (TPSA) is 74.5 Å². The second-order valence-electron chi connectivity index (χ2n) is 5.39. The van der Waals surface area contributed by atoms with Crippen molar-refractivity contribution < 1.29 is 14.6 Å². The Morgan fingerprint density at radius 1 is 1.41 bits per heavy atom. The summed E-state index contributed by atoms with van der Waals surface area (Å²) >= 11 is 0. The van der Waals surface area contributed by atoms with Gasteiger partial charge < -0.3 is 14.7 Å². The number of amides is 1. The molecule has 3 rings (SSSR count). The number of fused-ring (bicyclic) bond motifs is 1. The van der Waals surface area contributed by atoms with Crippen LogP contribution in [0.2, 0.25) is 0 Å². The van der Waals surface area contributed by atoms with Gasteiger partial charge in [0.2, 0.25) is 0 Å². The number of aliphatic hydroxyl groups is 1. The molecule has 0 fully saturated rings. The van der Waals surface area contributed by atoms with E-state index in [1.165, 1.54) is 5.56 Å². The van der Waals surface area contributed by atoms with Crippen molar-refractivity contribution in [3.8, 4) is 5.75 Å². The number of nitrogens with zero attached hydrogens (tertiary/aromatic N) is 3. The molecule has 1 aromatic rings. The molecule has 1 amide bonds. The lowest BCUT2D eigenvalue weighted by Gasteiger charge is -2.27. The van der Waals surface area contributed by atoms with Crippen LogP contribution in [0.15, 0.2) is 40.3 Å². The first-order chi connectivity index (χ1) is 10.7. The second-order valence-corrected chi connectivity index (χ2v) is 5.39. The minimum atomic E-state index is -0.214. The van der Waals surface area contributed by atoms with Crippen LogP contribution >= 0.6 is 0 Å². The second kappa shape index (κ2) is 6.27. The molecule has 2 aliphatic rings. The Labute approximate surface area is 129 Å². The van der Waals surface area contributed by atoms with E-state index in [4.69, 9.17) is 9.84 Å². The van der Waals surface area contributed by atoms with E-state index in [9.17, 15) is 4.79 Å². The van der Waals surface area contributed by atoms with Crippen LogP contribution in [0.1, 0.15) is 24.5 Å². The molecule has 22 heavy (non-hydrogen) atoms. The van der Waals surface area contributed by atoms with E-state index in [2.05, 4.69) is 21.2 Å². The fourth-order valence-electron chi connectivity index (χ4n) is 2.98. The summed E-state index contributed by atoms with van der Waals surface area (Å²) < 4.78 is 5.60. The number of aliphatic hydroxyl groups excluding tert-OH is 1. The molecule has 0 bridgehead atoms. The molecule has 1 N–H and O–H groups in total. The monoisotopic (exact) mass is 301 g/mol. The molecule has 0 spiro atoms. The molecule has 1 atom stereocenters. The summed E-state index contributed by atoms with van der Waals surface area (Å²) in [5.74, 6) is 0.410. The number of rotatable bonds is 5. The Kier molecular flexibility index (Phi) is 4.20. The number of azo groups is 1. The molecule has 1 unspecified atom stereocenters. The zero-order chi connectivity index (χ0) is 15.5. The van der Waals surface area contributed by atoms with Gasteiger partial charge in [-0.2, -0.15) is 5.11 Å². The molecular formula is C16H19N3O3. The van der Waals surface area contributed by atoms with Crippen molar-refractivity contribution in [2.45, 2.75) is 26.4 Å². The maximum atomic E-state index is 11.9. The summed E-state index contributed by atoms with van der Waals surface area (Å²) in [4.78, 5) is 14.0. The van der Waals surface area contributed by atoms with Crippen molar-refractivity contribution in [2.75, 3.05) is 13.2 Å². The average molecular weight is 301 g/mol. The van der Waals surface area contributed by atoms with Gasteiger partial charge in [-0.3, -0.25) is 4.79 Å². The summed E-state index contributed by atoms with van der Waals surface area (Å²) in [6.07, 6.45) is 2.40. The largest absolute Gasteiger partial charge is 0.491 e. The summed E-state index contributed by atoms with van der Waals surface area (Å²) in [5, 5.41) is 16.4. The maximum absolute atomic E-state index is 11.9. The van der Waals surface area contributed by atoms with Crippen molar-refractivity contribution in [3.63, 3.8) is 0 Å². The van der Waals surface area contributed by atoms with Crippen LogP contribution in [-0.2, 0) is 17.9 Å². The van der Waals surface area contributed by atoms with Gasteiger partial charge in [-0.05, 0) is 18.1 Å². The first-order valence-corrected chi connectivity index (χ1v) is 7.48. The van der Waals surface area contributed by atoms with Gasteiger partial charge in [-0.15, -0.1) is 5.11 Å². The van der Waals surface area contributed by atoms with Gasteiger partial charge >= 0.3 is 0 Å². The van der Waals surface area contributed by atoms with Crippen LogP contribution in [0, 0.1) is 5.92 Å². The molecule has 0 radical (unpaired) electrons. The van der Waals surface area contributed by atoms with Crippen LogP contribution in [0.4, 0.5) is 0 Å². The highest BCUT2D eigenvalue weighted by Gasteiger charge is 2.32. The smallest absolute Gasteiger partial charge is 0.273 e. The first kappa shape index (κ1) is 14.7. The van der Waals surface area contributed by atoms with Crippen LogP contribution in [0.25, 0.3) is 0 Å². The molecule has 0 aliphatic carbocycles. The molecule has 6 nitrogen and oxygen atoms in total. The zero-order valence-corrected chi connectivity index (χ0v) is 12.5. The van der Waals surface area contributed by atoms with Gasteiger partial charge in [0, 0.05) is 24.4 Å². The van der Waals surface area contributed by atoms with E-state index in [-0.39, 0.29) is 25.0 Å². The number of hydrogen-bond acceptors (Lipinski definition) is 5. The van der Waals surface area contributed by atoms with Gasteiger partial charge in [0.05, 0.1) is 18.7 Å². The molecule has 0 saturated carbocycles. The van der Waals surface area contributed by atoms with Crippen LogP contribution in [-0.4, -0.2) is 29.1 Å². The van der Waals surface area contributed by atoms with E-state index in [0.29, 0.717) is 13.0 Å². The molecule has 116 valence electrons. The summed E-state index contributed by atoms with van der Waals surface area (Å²) in [6, 6.07) is 5.93. The van der Waals surface area contributed by atoms with E-state index >= 15 is 0 Å². The average Bonchev–Trinajstić information content (AvgIpc) is 2.97. The van der Waals surface area contributed by atoms with E-state index in [1.807, 2.05) is 19.1 Å². The van der Waals surface area contributed by atoms with Gasteiger partial charge in [0.25, 0.3) is 5.91 Å². The Morgan fingerprint density at radius 2 is 2.27 bits per heavy atom. The SMILES string of the molecule is CCC1C(=O)N=NC=C1N1Cc2cccc(OCCO)c2C1. The van der Waals surface area contributed by atoms with E-state index in [0.717, 1.165) is 23.6 Å². The summed E-state index contributed by atoms with van der Waals surface area (Å²) in [7, 11) is 0. The number of ether oxygens (including phenoxy) is 1. The minimum absolute atomic E-state index is 0.00860. The highest BCUT2D eigenvalue weighted by Crippen LogP contribution is 2.36. The summed E-state index contributed by atoms with van der Waals surface area (Å²) in [5.41, 5.74) is 3.22. The van der Waals surface area contributed by atoms with E-state index in [1.54, 1.807) is 6.20 Å². The molecule has 6 heteroatoms. The van der Waals surface area contributed by atoms with Gasteiger partial charge in [-0.1, -0.05) is 19.1 Å². The maximum Gasteiger partial charge on any atom is 0.273 e. The van der Waals surface area contributed by atoms with Crippen molar-refractivity contribution >= 4 is 5.91 Å². The lowest BCUT2D eigenvalue weighted by atomic mass is 10.0. The van der Waals surface area contributed by atoms with Crippen molar-refractivity contribution in [2.24, 2.45) is 16.1 Å². The van der Waals surface area contributed by atoms with Crippen molar-refractivity contribution in [1.29, 1.82) is 0 Å². The molecule has 2 aliphatic heterocycles. The highest BCUT2D eigenvalue weighted by molar-refractivity contribution is 5.82. The summed E-state index contributed by atoms with van der Waals surface area (Å²) in [6.45, 7) is 3.67. The minimum Gasteiger partial charge on any atom is -0.491 e. The van der Waals surface area contributed by atoms with E-state index < -0.39 is 0 Å². The Hall–Kier alpha value is -2.21. The van der Waals surface area contributed by atoms with Crippen LogP contribution in [0.5, 0.6) is 5.75 Å². The third-order valence-corrected chi connectivity index (χ3v) is 4.06. The number of benzene rings is 1. The van der Waals surface area contributed by atoms with Gasteiger partial charge in [0.1, 0.15) is 12.4 Å². The van der Waals surface area contributed by atoms with Crippen molar-refractivity contribution in [1.82, 2.24) is 4.90 Å². The number of carbonyl (C=O) groups excluding carboxylic acids is 1. The Morgan fingerprint density at radius 3 is 3.05 bits per heavy atom. The number of carbonyl (C=O) groups is 1. The number of hydrogen-bond donors (Lipinski definition) is 1. The zero-order valence-electron chi connectivity index (χ0n) is 12.5. The fourth-order valence-corrected chi connectivity index (χ4v) is 2.98.